The van der Waals surface area contributed by atoms with Gasteiger partial charge in [-0.15, -0.1) is 0 Å². The largest absolute Gasteiger partial charge is 0.462 e. The number of carbonyl (C=O) groups is 2. The van der Waals surface area contributed by atoms with E-state index in [4.69, 9.17) is 9.47 Å². The molecule has 0 radical (unpaired) electrons. The second kappa shape index (κ2) is 18.7. The molecule has 29 heavy (non-hydrogen) atoms. The lowest BCUT2D eigenvalue weighted by molar-refractivity contribution is -0.143. The number of hydrogen-bond donors (Lipinski definition) is 0. The van der Waals surface area contributed by atoms with Crippen molar-refractivity contribution in [1.82, 2.24) is 0 Å². The molecule has 0 amide bonds. The molecule has 0 fully saturated rings. The minimum atomic E-state index is -0.351. The van der Waals surface area contributed by atoms with Crippen molar-refractivity contribution in [2.75, 3.05) is 13.2 Å². The van der Waals surface area contributed by atoms with E-state index in [-0.39, 0.29) is 17.9 Å². The summed E-state index contributed by atoms with van der Waals surface area (Å²) in [7, 11) is 0. The van der Waals surface area contributed by atoms with Crippen LogP contribution in [-0.2, 0) is 19.1 Å². The number of esters is 2. The summed E-state index contributed by atoms with van der Waals surface area (Å²) in [5.41, 5.74) is 1.04. The van der Waals surface area contributed by atoms with Crippen LogP contribution in [0.1, 0.15) is 118 Å². The molecular formula is C25H46O4. The van der Waals surface area contributed by atoms with Crippen LogP contribution in [0.2, 0.25) is 0 Å². The van der Waals surface area contributed by atoms with Gasteiger partial charge in [0.05, 0.1) is 18.8 Å². The quantitative estimate of drug-likeness (QED) is 0.137. The SMILES string of the molecule is CCCCCCCCCC/C(C(=O)OCCCC)=C(/C(=O)OCCCC)C(C)C. The zero-order valence-electron chi connectivity index (χ0n) is 19.8. The highest BCUT2D eigenvalue weighted by Crippen LogP contribution is 2.24. The minimum absolute atomic E-state index is 0.0631. The Morgan fingerprint density at radius 3 is 1.55 bits per heavy atom. The first-order chi connectivity index (χ1) is 14.0. The van der Waals surface area contributed by atoms with E-state index < -0.39 is 0 Å². The summed E-state index contributed by atoms with van der Waals surface area (Å²) in [6, 6.07) is 0. The summed E-state index contributed by atoms with van der Waals surface area (Å²) in [5, 5.41) is 0. The molecule has 0 atom stereocenters. The first-order valence-electron chi connectivity index (χ1n) is 12.1. The smallest absolute Gasteiger partial charge is 0.334 e. The average Bonchev–Trinajstić information content (AvgIpc) is 2.68. The molecular weight excluding hydrogens is 364 g/mol. The Kier molecular flexibility index (Phi) is 17.8. The van der Waals surface area contributed by atoms with Gasteiger partial charge in [-0.05, 0) is 31.6 Å². The van der Waals surface area contributed by atoms with Gasteiger partial charge >= 0.3 is 11.9 Å². The Labute approximate surface area is 179 Å². The van der Waals surface area contributed by atoms with Crippen molar-refractivity contribution in [3.63, 3.8) is 0 Å². The van der Waals surface area contributed by atoms with Crippen molar-refractivity contribution in [3.8, 4) is 0 Å². The van der Waals surface area contributed by atoms with Crippen LogP contribution in [0, 0.1) is 5.92 Å². The molecule has 0 rings (SSSR count). The Bertz CT molecular complexity index is 465. The Morgan fingerprint density at radius 1 is 0.621 bits per heavy atom. The molecule has 0 bridgehead atoms. The molecule has 0 aromatic carbocycles. The zero-order valence-corrected chi connectivity index (χ0v) is 19.8. The minimum Gasteiger partial charge on any atom is -0.462 e. The van der Waals surface area contributed by atoms with Gasteiger partial charge in [0.25, 0.3) is 0 Å². The summed E-state index contributed by atoms with van der Waals surface area (Å²) < 4.78 is 10.9. The Hall–Kier alpha value is -1.32. The third kappa shape index (κ3) is 13.5. The first kappa shape index (κ1) is 27.7. The number of hydrogen-bond acceptors (Lipinski definition) is 4. The molecule has 0 unspecified atom stereocenters. The van der Waals surface area contributed by atoms with Crippen LogP contribution in [0.15, 0.2) is 11.1 Å². The lowest BCUT2D eigenvalue weighted by Crippen LogP contribution is -2.21. The molecule has 0 aliphatic carbocycles. The van der Waals surface area contributed by atoms with Crippen LogP contribution in [0.5, 0.6) is 0 Å². The van der Waals surface area contributed by atoms with Crippen molar-refractivity contribution in [1.29, 1.82) is 0 Å². The van der Waals surface area contributed by atoms with Gasteiger partial charge in [-0.25, -0.2) is 9.59 Å². The molecule has 4 heteroatoms. The van der Waals surface area contributed by atoms with Crippen molar-refractivity contribution >= 4 is 11.9 Å². The third-order valence-electron chi connectivity index (χ3n) is 5.11. The average molecular weight is 411 g/mol. The van der Waals surface area contributed by atoms with Crippen molar-refractivity contribution in [2.24, 2.45) is 5.92 Å². The van der Waals surface area contributed by atoms with Crippen LogP contribution < -0.4 is 0 Å². The highest BCUT2D eigenvalue weighted by Gasteiger charge is 2.25. The van der Waals surface area contributed by atoms with Gasteiger partial charge in [-0.2, -0.15) is 0 Å². The number of carbonyl (C=O) groups excluding carboxylic acids is 2. The Morgan fingerprint density at radius 2 is 1.07 bits per heavy atom. The van der Waals surface area contributed by atoms with Gasteiger partial charge < -0.3 is 9.47 Å². The maximum Gasteiger partial charge on any atom is 0.334 e. The maximum absolute atomic E-state index is 12.7. The van der Waals surface area contributed by atoms with Crippen LogP contribution in [0.25, 0.3) is 0 Å². The van der Waals surface area contributed by atoms with E-state index in [2.05, 4.69) is 20.8 Å². The molecule has 0 saturated heterocycles. The lowest BCUT2D eigenvalue weighted by Gasteiger charge is -2.17. The van der Waals surface area contributed by atoms with Gasteiger partial charge in [0.1, 0.15) is 0 Å². The molecule has 0 spiro atoms. The summed E-state index contributed by atoms with van der Waals surface area (Å²) >= 11 is 0. The molecule has 0 saturated carbocycles. The van der Waals surface area contributed by atoms with Crippen molar-refractivity contribution in [2.45, 2.75) is 118 Å². The second-order valence-corrected chi connectivity index (χ2v) is 8.25. The summed E-state index contributed by atoms with van der Waals surface area (Å²) in [4.78, 5) is 25.4. The van der Waals surface area contributed by atoms with Crippen molar-refractivity contribution < 1.29 is 19.1 Å². The van der Waals surface area contributed by atoms with Crippen LogP contribution >= 0.6 is 0 Å². The number of rotatable bonds is 18. The Balaban J connectivity index is 4.99. The maximum atomic E-state index is 12.7. The fraction of sp³-hybridized carbons (Fsp3) is 0.840. The highest BCUT2D eigenvalue weighted by atomic mass is 16.5. The van der Waals surface area contributed by atoms with Gasteiger partial charge in [0.2, 0.25) is 0 Å². The van der Waals surface area contributed by atoms with Gasteiger partial charge in [0.15, 0.2) is 0 Å². The lowest BCUT2D eigenvalue weighted by atomic mass is 9.93. The van der Waals surface area contributed by atoms with E-state index in [0.29, 0.717) is 30.8 Å². The van der Waals surface area contributed by atoms with E-state index in [9.17, 15) is 9.59 Å². The zero-order chi connectivity index (χ0) is 21.9. The number of ether oxygens (including phenoxy) is 2. The van der Waals surface area contributed by atoms with Crippen LogP contribution in [0.4, 0.5) is 0 Å². The molecule has 4 nitrogen and oxygen atoms in total. The molecule has 0 N–H and O–H groups in total. The number of unbranched alkanes of at least 4 members (excludes halogenated alkanes) is 9. The predicted octanol–water partition coefficient (Wildman–Crippen LogP) is 7.16. The summed E-state index contributed by atoms with van der Waals surface area (Å²) in [6.07, 6.45) is 13.8. The topological polar surface area (TPSA) is 52.6 Å². The van der Waals surface area contributed by atoms with Crippen LogP contribution in [0.3, 0.4) is 0 Å². The van der Waals surface area contributed by atoms with E-state index in [1.165, 1.54) is 38.5 Å². The summed E-state index contributed by atoms with van der Waals surface area (Å²) in [5.74, 6) is -0.750. The standard InChI is InChI=1S/C25H46O4/c1-6-9-12-13-14-15-16-17-18-22(24(26)28-19-10-7-2)23(21(4)5)25(27)29-20-11-8-3/h21H,6-20H2,1-5H3/b23-22-. The van der Waals surface area contributed by atoms with E-state index in [0.717, 1.165) is 38.5 Å². The van der Waals surface area contributed by atoms with Gasteiger partial charge in [0, 0.05) is 5.57 Å². The molecule has 0 aromatic heterocycles. The summed E-state index contributed by atoms with van der Waals surface area (Å²) in [6.45, 7) is 11.1. The van der Waals surface area contributed by atoms with E-state index in [1.807, 2.05) is 13.8 Å². The van der Waals surface area contributed by atoms with Gasteiger partial charge in [-0.1, -0.05) is 92.4 Å². The molecule has 0 heterocycles. The third-order valence-corrected chi connectivity index (χ3v) is 5.11. The first-order valence-corrected chi connectivity index (χ1v) is 12.1. The monoisotopic (exact) mass is 410 g/mol. The van der Waals surface area contributed by atoms with E-state index in [1.54, 1.807) is 0 Å². The second-order valence-electron chi connectivity index (χ2n) is 8.25. The van der Waals surface area contributed by atoms with Crippen molar-refractivity contribution in [3.05, 3.63) is 11.1 Å². The molecule has 0 aromatic rings. The molecule has 0 aliphatic rings. The predicted molar refractivity (Wildman–Crippen MR) is 121 cm³/mol. The highest BCUT2D eigenvalue weighted by molar-refractivity contribution is 6.00. The fourth-order valence-corrected chi connectivity index (χ4v) is 3.27. The van der Waals surface area contributed by atoms with E-state index >= 15 is 0 Å². The fourth-order valence-electron chi connectivity index (χ4n) is 3.27. The normalized spacial score (nSPS) is 12.1. The molecule has 0 aliphatic heterocycles. The van der Waals surface area contributed by atoms with Crippen LogP contribution in [-0.4, -0.2) is 25.2 Å². The molecule has 170 valence electrons. The van der Waals surface area contributed by atoms with Gasteiger partial charge in [-0.3, -0.25) is 0 Å².